The first kappa shape index (κ1) is 23.3. The summed E-state index contributed by atoms with van der Waals surface area (Å²) in [4.78, 5) is 0. The standard InChI is InChI=1S/C27H26NO5P/c1-30-23-17-13-21(14-18-23)27(28-22-15-19-24(31-2)20-16-22)34(29,32-25-9-5-3-6-10-25)33-26-11-7-4-8-12-26/h3-20,27-28H,1-2H3. The van der Waals surface area contributed by atoms with Crippen LogP contribution in [0.25, 0.3) is 0 Å². The van der Waals surface area contributed by atoms with Crippen LogP contribution < -0.4 is 23.8 Å². The van der Waals surface area contributed by atoms with Crippen LogP contribution in [0.3, 0.4) is 0 Å². The Labute approximate surface area is 199 Å². The second-order valence-corrected chi connectivity index (χ2v) is 9.36. The van der Waals surface area contributed by atoms with Crippen LogP contribution in [-0.2, 0) is 4.57 Å². The third kappa shape index (κ3) is 5.72. The van der Waals surface area contributed by atoms with Gasteiger partial charge in [-0.05, 0) is 66.2 Å². The molecule has 1 atom stereocenters. The molecule has 0 aliphatic carbocycles. The lowest BCUT2D eigenvalue weighted by atomic mass is 10.2. The highest BCUT2D eigenvalue weighted by atomic mass is 31.2. The van der Waals surface area contributed by atoms with Gasteiger partial charge in [0, 0.05) is 5.69 Å². The van der Waals surface area contributed by atoms with Crippen molar-refractivity contribution in [1.29, 1.82) is 0 Å². The van der Waals surface area contributed by atoms with E-state index in [2.05, 4.69) is 5.32 Å². The monoisotopic (exact) mass is 475 g/mol. The predicted octanol–water partition coefficient (Wildman–Crippen LogP) is 7.17. The van der Waals surface area contributed by atoms with E-state index in [4.69, 9.17) is 18.5 Å². The molecular formula is C27H26NO5P. The molecule has 6 nitrogen and oxygen atoms in total. The topological polar surface area (TPSA) is 66.0 Å². The Morgan fingerprint density at radius 3 is 1.47 bits per heavy atom. The van der Waals surface area contributed by atoms with Gasteiger partial charge >= 0.3 is 7.60 Å². The van der Waals surface area contributed by atoms with E-state index in [1.807, 2.05) is 84.9 Å². The van der Waals surface area contributed by atoms with E-state index < -0.39 is 13.4 Å². The maximum absolute atomic E-state index is 14.6. The lowest BCUT2D eigenvalue weighted by molar-refractivity contribution is 0.376. The molecule has 4 aromatic rings. The number of methoxy groups -OCH3 is 2. The van der Waals surface area contributed by atoms with Crippen molar-refractivity contribution in [1.82, 2.24) is 0 Å². The molecule has 34 heavy (non-hydrogen) atoms. The third-order valence-corrected chi connectivity index (χ3v) is 7.08. The molecule has 0 fully saturated rings. The van der Waals surface area contributed by atoms with E-state index in [-0.39, 0.29) is 0 Å². The summed E-state index contributed by atoms with van der Waals surface area (Å²) < 4.78 is 37.4. The Hall–Kier alpha value is -3.89. The zero-order valence-electron chi connectivity index (χ0n) is 19.0. The first-order chi connectivity index (χ1) is 16.6. The average molecular weight is 475 g/mol. The van der Waals surface area contributed by atoms with Gasteiger partial charge in [-0.2, -0.15) is 0 Å². The molecule has 7 heteroatoms. The molecule has 0 heterocycles. The van der Waals surface area contributed by atoms with Crippen LogP contribution in [0.15, 0.2) is 109 Å². The molecule has 0 spiro atoms. The largest absolute Gasteiger partial charge is 0.497 e. The Morgan fingerprint density at radius 2 is 1.03 bits per heavy atom. The molecule has 0 saturated carbocycles. The zero-order valence-corrected chi connectivity index (χ0v) is 19.9. The second-order valence-electron chi connectivity index (χ2n) is 7.40. The van der Waals surface area contributed by atoms with Crippen LogP contribution in [0.1, 0.15) is 11.3 Å². The summed E-state index contributed by atoms with van der Waals surface area (Å²) in [6.45, 7) is 0. The number of hydrogen-bond acceptors (Lipinski definition) is 6. The van der Waals surface area contributed by atoms with E-state index in [1.165, 1.54) is 0 Å². The lowest BCUT2D eigenvalue weighted by Crippen LogP contribution is -2.18. The van der Waals surface area contributed by atoms with E-state index in [0.717, 1.165) is 11.4 Å². The Morgan fingerprint density at radius 1 is 0.588 bits per heavy atom. The smallest absolute Gasteiger partial charge is 0.457 e. The number of hydrogen-bond donors (Lipinski definition) is 1. The number of ether oxygens (including phenoxy) is 2. The summed E-state index contributed by atoms with van der Waals surface area (Å²) in [6, 6.07) is 32.7. The van der Waals surface area contributed by atoms with Crippen LogP contribution in [0.4, 0.5) is 5.69 Å². The molecule has 4 aromatic carbocycles. The Balaban J connectivity index is 1.78. The van der Waals surface area contributed by atoms with Gasteiger partial charge in [0.2, 0.25) is 0 Å². The Bertz CT molecular complexity index is 1170. The van der Waals surface area contributed by atoms with Gasteiger partial charge in [-0.1, -0.05) is 48.5 Å². The van der Waals surface area contributed by atoms with Gasteiger partial charge in [-0.15, -0.1) is 0 Å². The minimum atomic E-state index is -3.89. The average Bonchev–Trinajstić information content (AvgIpc) is 2.89. The van der Waals surface area contributed by atoms with Crippen molar-refractivity contribution in [3.05, 3.63) is 115 Å². The van der Waals surface area contributed by atoms with Gasteiger partial charge in [-0.3, -0.25) is 0 Å². The minimum absolute atomic E-state index is 0.441. The first-order valence-electron chi connectivity index (χ1n) is 10.7. The third-order valence-electron chi connectivity index (χ3n) is 5.09. The quantitative estimate of drug-likeness (QED) is 0.245. The van der Waals surface area contributed by atoms with Gasteiger partial charge in [0.25, 0.3) is 0 Å². The van der Waals surface area contributed by atoms with Gasteiger partial charge in [0.05, 0.1) is 14.2 Å². The van der Waals surface area contributed by atoms with Crippen molar-refractivity contribution < 1.29 is 23.1 Å². The first-order valence-corrected chi connectivity index (χ1v) is 12.3. The van der Waals surface area contributed by atoms with Crippen molar-refractivity contribution in [2.24, 2.45) is 0 Å². The molecule has 0 aliphatic heterocycles. The summed E-state index contributed by atoms with van der Waals surface area (Å²) in [6.07, 6.45) is 0. The second kappa shape index (κ2) is 10.8. The van der Waals surface area contributed by atoms with E-state index in [0.29, 0.717) is 22.8 Å². The Kier molecular flexibility index (Phi) is 7.41. The SMILES string of the molecule is COc1ccc(NC(c2ccc(OC)cc2)P(=O)(Oc2ccccc2)Oc2ccccc2)cc1. The molecular weight excluding hydrogens is 449 g/mol. The summed E-state index contributed by atoms with van der Waals surface area (Å²) in [5.74, 6) is 1.46. The highest BCUT2D eigenvalue weighted by molar-refractivity contribution is 7.55. The van der Waals surface area contributed by atoms with Crippen LogP contribution in [-0.4, -0.2) is 14.2 Å². The van der Waals surface area contributed by atoms with Crippen molar-refractivity contribution in [2.75, 3.05) is 19.5 Å². The number of para-hydroxylation sites is 2. The van der Waals surface area contributed by atoms with Gasteiger partial charge in [0.15, 0.2) is 5.78 Å². The van der Waals surface area contributed by atoms with Gasteiger partial charge in [-0.25, -0.2) is 4.57 Å². The van der Waals surface area contributed by atoms with Gasteiger partial charge < -0.3 is 23.8 Å². The fourth-order valence-corrected chi connectivity index (χ4v) is 5.28. The fourth-order valence-electron chi connectivity index (χ4n) is 3.36. The molecule has 1 unspecified atom stereocenters. The van der Waals surface area contributed by atoms with E-state index >= 15 is 0 Å². The summed E-state index contributed by atoms with van der Waals surface area (Å²) in [5.41, 5.74) is 1.45. The summed E-state index contributed by atoms with van der Waals surface area (Å²) in [5, 5.41) is 3.36. The molecule has 0 aromatic heterocycles. The molecule has 0 bridgehead atoms. The number of anilines is 1. The normalized spacial score (nSPS) is 11.8. The predicted molar refractivity (Wildman–Crippen MR) is 134 cm³/mol. The van der Waals surface area contributed by atoms with E-state index in [9.17, 15) is 4.57 Å². The van der Waals surface area contributed by atoms with Crippen LogP contribution in [0.2, 0.25) is 0 Å². The molecule has 1 N–H and O–H groups in total. The van der Waals surface area contributed by atoms with Crippen molar-refractivity contribution in [3.63, 3.8) is 0 Å². The highest BCUT2D eigenvalue weighted by Crippen LogP contribution is 2.60. The lowest BCUT2D eigenvalue weighted by Gasteiger charge is -2.29. The highest BCUT2D eigenvalue weighted by Gasteiger charge is 2.41. The number of benzene rings is 4. The van der Waals surface area contributed by atoms with Gasteiger partial charge in [0.1, 0.15) is 23.0 Å². The van der Waals surface area contributed by atoms with Crippen LogP contribution in [0.5, 0.6) is 23.0 Å². The molecule has 0 radical (unpaired) electrons. The van der Waals surface area contributed by atoms with Crippen molar-refractivity contribution in [3.8, 4) is 23.0 Å². The molecule has 0 aliphatic rings. The van der Waals surface area contributed by atoms with Crippen molar-refractivity contribution >= 4 is 13.3 Å². The summed E-state index contributed by atoms with van der Waals surface area (Å²) >= 11 is 0. The summed E-state index contributed by atoms with van der Waals surface area (Å²) in [7, 11) is -0.676. The van der Waals surface area contributed by atoms with Crippen LogP contribution >= 0.6 is 7.60 Å². The molecule has 0 amide bonds. The number of rotatable bonds is 10. The van der Waals surface area contributed by atoms with E-state index in [1.54, 1.807) is 38.5 Å². The van der Waals surface area contributed by atoms with Crippen molar-refractivity contribution in [2.45, 2.75) is 5.78 Å². The number of nitrogens with one attached hydrogen (secondary N) is 1. The maximum Gasteiger partial charge on any atom is 0.457 e. The molecule has 0 saturated heterocycles. The van der Waals surface area contributed by atoms with Crippen LogP contribution in [0, 0.1) is 0 Å². The maximum atomic E-state index is 14.6. The molecule has 4 rings (SSSR count). The zero-order chi connectivity index (χ0) is 23.8. The molecule has 174 valence electrons. The minimum Gasteiger partial charge on any atom is -0.497 e. The fraction of sp³-hybridized carbons (Fsp3) is 0.111.